The predicted molar refractivity (Wildman–Crippen MR) is 92.8 cm³/mol. The summed E-state index contributed by atoms with van der Waals surface area (Å²) in [6.07, 6.45) is 2.26. The summed E-state index contributed by atoms with van der Waals surface area (Å²) in [5.74, 6) is 1.85. The van der Waals surface area contributed by atoms with Crippen LogP contribution in [0.4, 0.5) is 0 Å². The van der Waals surface area contributed by atoms with Crippen LogP contribution in [0.2, 0.25) is 0 Å². The van der Waals surface area contributed by atoms with Gasteiger partial charge in [0.15, 0.2) is 0 Å². The maximum Gasteiger partial charge on any atom is 0.306 e. The summed E-state index contributed by atoms with van der Waals surface area (Å²) >= 11 is 1.75. The molecule has 1 aromatic rings. The minimum atomic E-state index is -0.134. The number of carbonyl (C=O) groups is 2. The van der Waals surface area contributed by atoms with Crippen LogP contribution in [0.5, 0.6) is 0 Å². The molecule has 0 spiro atoms. The van der Waals surface area contributed by atoms with Crippen molar-refractivity contribution in [2.24, 2.45) is 0 Å². The minimum absolute atomic E-state index is 0.134. The molecule has 22 heavy (non-hydrogen) atoms. The second kappa shape index (κ2) is 14.4. The van der Waals surface area contributed by atoms with Gasteiger partial charge in [-0.3, -0.25) is 9.59 Å². The van der Waals surface area contributed by atoms with E-state index in [4.69, 9.17) is 0 Å². The third kappa shape index (κ3) is 11.2. The monoisotopic (exact) mass is 325 g/mol. The van der Waals surface area contributed by atoms with E-state index < -0.39 is 0 Å². The fourth-order valence-corrected chi connectivity index (χ4v) is 2.47. The van der Waals surface area contributed by atoms with Crippen LogP contribution in [-0.4, -0.2) is 31.3 Å². The van der Waals surface area contributed by atoms with E-state index in [9.17, 15) is 9.59 Å². The Morgan fingerprint density at radius 2 is 1.95 bits per heavy atom. The summed E-state index contributed by atoms with van der Waals surface area (Å²) in [4.78, 5) is 20.9. The highest BCUT2D eigenvalue weighted by Gasteiger charge is 2.05. The van der Waals surface area contributed by atoms with Crippen LogP contribution in [-0.2, 0) is 20.1 Å². The van der Waals surface area contributed by atoms with Gasteiger partial charge >= 0.3 is 5.97 Å². The molecular formula is C17H27NO3S. The first-order valence-electron chi connectivity index (χ1n) is 7.67. The number of rotatable bonds is 5. The van der Waals surface area contributed by atoms with E-state index in [1.807, 2.05) is 32.0 Å². The Balaban J connectivity index is 0.000000457. The van der Waals surface area contributed by atoms with Gasteiger partial charge in [0.2, 0.25) is 5.91 Å². The maximum absolute atomic E-state index is 10.8. The van der Waals surface area contributed by atoms with Gasteiger partial charge in [-0.2, -0.15) is 11.8 Å². The molecule has 0 radical (unpaired) electrons. The van der Waals surface area contributed by atoms with E-state index in [2.05, 4.69) is 22.2 Å². The Kier molecular flexibility index (Phi) is 13.5. The summed E-state index contributed by atoms with van der Waals surface area (Å²) in [7, 11) is 1.42. The molecular weight excluding hydrogens is 298 g/mol. The van der Waals surface area contributed by atoms with Crippen molar-refractivity contribution in [1.82, 2.24) is 5.32 Å². The van der Waals surface area contributed by atoms with E-state index in [1.165, 1.54) is 12.7 Å². The van der Waals surface area contributed by atoms with Gasteiger partial charge in [0.25, 0.3) is 0 Å². The lowest BCUT2D eigenvalue weighted by atomic mass is 10.2. The van der Waals surface area contributed by atoms with Gasteiger partial charge in [0.05, 0.1) is 13.5 Å². The first-order chi connectivity index (χ1) is 10.7. The largest absolute Gasteiger partial charge is 0.469 e. The van der Waals surface area contributed by atoms with Crippen molar-refractivity contribution in [2.75, 3.05) is 19.4 Å². The summed E-state index contributed by atoms with van der Waals surface area (Å²) in [6, 6.07) is 10.2. The van der Waals surface area contributed by atoms with Gasteiger partial charge in [-0.1, -0.05) is 44.2 Å². The summed E-state index contributed by atoms with van der Waals surface area (Å²) in [6.45, 7) is 4.89. The number of amides is 1. The zero-order valence-corrected chi connectivity index (χ0v) is 14.6. The van der Waals surface area contributed by atoms with Crippen molar-refractivity contribution < 1.29 is 14.3 Å². The molecule has 0 aromatic heterocycles. The lowest BCUT2D eigenvalue weighted by Crippen LogP contribution is -2.12. The Morgan fingerprint density at radius 3 is 2.41 bits per heavy atom. The predicted octanol–water partition coefficient (Wildman–Crippen LogP) is 3.41. The number of benzene rings is 1. The summed E-state index contributed by atoms with van der Waals surface area (Å²) in [5.41, 5.74) is 1.29. The molecule has 1 N–H and O–H groups in total. The van der Waals surface area contributed by atoms with Gasteiger partial charge in [-0.25, -0.2) is 0 Å². The third-order valence-electron chi connectivity index (χ3n) is 2.69. The molecule has 0 unspecified atom stereocenters. The molecule has 1 fully saturated rings. The molecule has 2 rings (SSSR count). The van der Waals surface area contributed by atoms with Crippen molar-refractivity contribution in [3.8, 4) is 0 Å². The van der Waals surface area contributed by atoms with E-state index in [1.54, 1.807) is 11.8 Å². The molecule has 1 aliphatic heterocycles. The third-order valence-corrected chi connectivity index (χ3v) is 3.72. The smallest absolute Gasteiger partial charge is 0.306 e. The SMILES string of the molecule is CC.COC(=O)CCSCc1ccccc1.O=C1CCCN1. The average molecular weight is 325 g/mol. The number of esters is 1. The molecule has 124 valence electrons. The first kappa shape index (κ1) is 20.5. The molecule has 0 bridgehead atoms. The van der Waals surface area contributed by atoms with Crippen LogP contribution in [0.3, 0.4) is 0 Å². The van der Waals surface area contributed by atoms with Gasteiger partial charge < -0.3 is 10.1 Å². The topological polar surface area (TPSA) is 55.4 Å². The van der Waals surface area contributed by atoms with Gasteiger partial charge in [-0.15, -0.1) is 0 Å². The maximum atomic E-state index is 10.8. The van der Waals surface area contributed by atoms with E-state index in [0.717, 1.165) is 30.9 Å². The van der Waals surface area contributed by atoms with Crippen LogP contribution in [0, 0.1) is 0 Å². The number of hydrogen-bond acceptors (Lipinski definition) is 4. The van der Waals surface area contributed by atoms with Gasteiger partial charge in [0, 0.05) is 24.5 Å². The van der Waals surface area contributed by atoms with Crippen LogP contribution < -0.4 is 5.32 Å². The molecule has 0 atom stereocenters. The van der Waals surface area contributed by atoms with Crippen LogP contribution in [0.1, 0.15) is 38.7 Å². The normalized spacial score (nSPS) is 12.2. The molecule has 1 amide bonds. The fourth-order valence-electron chi connectivity index (χ4n) is 1.59. The average Bonchev–Trinajstić information content (AvgIpc) is 3.06. The van der Waals surface area contributed by atoms with Crippen LogP contribution >= 0.6 is 11.8 Å². The number of hydrogen-bond donors (Lipinski definition) is 1. The number of nitrogens with one attached hydrogen (secondary N) is 1. The number of ether oxygens (including phenoxy) is 1. The zero-order valence-electron chi connectivity index (χ0n) is 13.8. The summed E-state index contributed by atoms with van der Waals surface area (Å²) < 4.78 is 4.55. The highest BCUT2D eigenvalue weighted by molar-refractivity contribution is 7.98. The molecule has 1 heterocycles. The highest BCUT2D eigenvalue weighted by Crippen LogP contribution is 2.12. The van der Waals surface area contributed by atoms with Crippen LogP contribution in [0.25, 0.3) is 0 Å². The highest BCUT2D eigenvalue weighted by atomic mass is 32.2. The zero-order chi connectivity index (χ0) is 16.6. The molecule has 1 aromatic carbocycles. The van der Waals surface area contributed by atoms with Crippen molar-refractivity contribution in [2.45, 2.75) is 38.9 Å². The number of carbonyl (C=O) groups excluding carboxylic acids is 2. The minimum Gasteiger partial charge on any atom is -0.469 e. The Bertz CT molecular complexity index is 402. The van der Waals surface area contributed by atoms with Crippen LogP contribution in [0.15, 0.2) is 30.3 Å². The second-order valence-corrected chi connectivity index (χ2v) is 5.42. The standard InChI is InChI=1S/C11H14O2S.C4H7NO.C2H6/c1-13-11(12)7-8-14-9-10-5-3-2-4-6-10;6-4-2-1-3-5-4;1-2/h2-6H,7-9H2,1H3;1-3H2,(H,5,6);1-2H3. The van der Waals surface area contributed by atoms with E-state index in [-0.39, 0.29) is 11.9 Å². The van der Waals surface area contributed by atoms with Crippen molar-refractivity contribution in [1.29, 1.82) is 0 Å². The first-order valence-corrected chi connectivity index (χ1v) is 8.83. The number of thioether (sulfide) groups is 1. The quantitative estimate of drug-likeness (QED) is 0.666. The Labute approximate surface area is 138 Å². The fraction of sp³-hybridized carbons (Fsp3) is 0.529. The Hall–Kier alpha value is -1.49. The lowest BCUT2D eigenvalue weighted by Gasteiger charge is -2.00. The molecule has 1 aliphatic rings. The molecule has 0 aliphatic carbocycles. The van der Waals surface area contributed by atoms with Crippen molar-refractivity contribution in [3.63, 3.8) is 0 Å². The van der Waals surface area contributed by atoms with E-state index >= 15 is 0 Å². The molecule has 1 saturated heterocycles. The van der Waals surface area contributed by atoms with E-state index in [0.29, 0.717) is 6.42 Å². The molecule has 0 saturated carbocycles. The van der Waals surface area contributed by atoms with Gasteiger partial charge in [-0.05, 0) is 12.0 Å². The number of methoxy groups -OCH3 is 1. The van der Waals surface area contributed by atoms with Crippen molar-refractivity contribution >= 4 is 23.6 Å². The molecule has 5 heteroatoms. The summed E-state index contributed by atoms with van der Waals surface area (Å²) in [5, 5.41) is 2.68. The van der Waals surface area contributed by atoms with Gasteiger partial charge in [0.1, 0.15) is 0 Å². The Morgan fingerprint density at radius 1 is 1.27 bits per heavy atom. The lowest BCUT2D eigenvalue weighted by molar-refractivity contribution is -0.140. The molecule has 4 nitrogen and oxygen atoms in total. The second-order valence-electron chi connectivity index (χ2n) is 4.32. The van der Waals surface area contributed by atoms with Crippen molar-refractivity contribution in [3.05, 3.63) is 35.9 Å².